The molecule has 4 N–H and O–H groups in total. The normalized spacial score (nSPS) is 14.6. The predicted molar refractivity (Wildman–Crippen MR) is 149 cm³/mol. The summed E-state index contributed by atoms with van der Waals surface area (Å²) < 4.78 is 13.8. The molecular weight excluding hydrogens is 515 g/mol. The maximum atomic E-state index is 6.59. The van der Waals surface area contributed by atoms with E-state index in [1.165, 1.54) is 0 Å². The average Bonchev–Trinajstić information content (AvgIpc) is 3.53. The van der Waals surface area contributed by atoms with E-state index in [0.717, 1.165) is 65.2 Å². The Balaban J connectivity index is 0.00000190. The molecule has 0 saturated carbocycles. The van der Waals surface area contributed by atoms with Crippen LogP contribution in [0.4, 0.5) is 0 Å². The van der Waals surface area contributed by atoms with Crippen LogP contribution in [0, 0.1) is 6.92 Å². The Morgan fingerprint density at radius 3 is 2.57 bits per heavy atom. The minimum Gasteiger partial charge on any atom is -0.493 e. The van der Waals surface area contributed by atoms with Gasteiger partial charge in [0.2, 0.25) is 0 Å². The number of aromatic amines is 1. The summed E-state index contributed by atoms with van der Waals surface area (Å²) in [4.78, 5) is 9.96. The summed E-state index contributed by atoms with van der Waals surface area (Å²) >= 11 is 6.59. The van der Waals surface area contributed by atoms with E-state index >= 15 is 0 Å². The van der Waals surface area contributed by atoms with Crippen molar-refractivity contribution in [1.29, 1.82) is 0 Å². The topological polar surface area (TPSA) is 112 Å². The molecule has 4 aromatic rings. The maximum absolute atomic E-state index is 6.59. The van der Waals surface area contributed by atoms with Crippen LogP contribution in [-0.2, 0) is 6.54 Å². The molecule has 2 aromatic heterocycles. The standard InChI is InChI=1S/C26H31ClN6O2.ClH.H2O/c1-16-19(6-5-7-20(16)27)23-24-21(12-22(34-3)26(23)35-4)33(14-18-13-29-15-30-18)31-25(24)17(2)32-10-8-28-9-11-32;;/h5-7,12-13,15,17,28H,8-11,14H2,1-4H3,(H,29,30);1H;1H2. The zero-order chi connectivity index (χ0) is 24.5. The Kier molecular flexibility index (Phi) is 9.44. The number of benzene rings is 2. The molecule has 3 heterocycles. The Morgan fingerprint density at radius 2 is 1.92 bits per heavy atom. The van der Waals surface area contributed by atoms with Crippen LogP contribution in [0.1, 0.15) is 29.9 Å². The first kappa shape index (κ1) is 28.7. The molecule has 37 heavy (non-hydrogen) atoms. The van der Waals surface area contributed by atoms with Gasteiger partial charge in [-0.2, -0.15) is 5.10 Å². The third-order valence-electron chi connectivity index (χ3n) is 6.91. The van der Waals surface area contributed by atoms with Gasteiger partial charge in [0.25, 0.3) is 0 Å². The van der Waals surface area contributed by atoms with Gasteiger partial charge in [-0.15, -0.1) is 12.4 Å². The van der Waals surface area contributed by atoms with Crippen molar-refractivity contribution in [3.63, 3.8) is 0 Å². The van der Waals surface area contributed by atoms with Crippen LogP contribution in [0.3, 0.4) is 0 Å². The zero-order valence-electron chi connectivity index (χ0n) is 21.5. The lowest BCUT2D eigenvalue weighted by Crippen LogP contribution is -2.44. The minimum atomic E-state index is 0. The van der Waals surface area contributed by atoms with E-state index in [0.29, 0.717) is 23.1 Å². The molecule has 0 spiro atoms. The first-order valence-electron chi connectivity index (χ1n) is 11.9. The summed E-state index contributed by atoms with van der Waals surface area (Å²) in [5.41, 5.74) is 5.83. The highest BCUT2D eigenvalue weighted by atomic mass is 35.5. The molecule has 0 amide bonds. The van der Waals surface area contributed by atoms with Gasteiger partial charge in [-0.1, -0.05) is 23.7 Å². The van der Waals surface area contributed by atoms with Gasteiger partial charge >= 0.3 is 0 Å². The van der Waals surface area contributed by atoms with E-state index in [-0.39, 0.29) is 23.9 Å². The quantitative estimate of drug-likeness (QED) is 0.360. The molecule has 0 aliphatic carbocycles. The van der Waals surface area contributed by atoms with Crippen molar-refractivity contribution in [3.05, 3.63) is 58.8 Å². The van der Waals surface area contributed by atoms with Gasteiger partial charge in [-0.25, -0.2) is 4.98 Å². The van der Waals surface area contributed by atoms with Crippen molar-refractivity contribution in [1.82, 2.24) is 30.0 Å². The molecule has 5 rings (SSSR count). The van der Waals surface area contributed by atoms with Crippen LogP contribution in [0.5, 0.6) is 11.5 Å². The number of hydrogen-bond acceptors (Lipinski definition) is 6. The van der Waals surface area contributed by atoms with E-state index in [1.54, 1.807) is 20.5 Å². The summed E-state index contributed by atoms with van der Waals surface area (Å²) in [7, 11) is 3.34. The van der Waals surface area contributed by atoms with Crippen LogP contribution in [-0.4, -0.2) is 70.5 Å². The number of H-pyrrole nitrogens is 1. The van der Waals surface area contributed by atoms with E-state index in [1.807, 2.05) is 36.0 Å². The van der Waals surface area contributed by atoms with Crippen LogP contribution in [0.25, 0.3) is 22.0 Å². The number of imidazole rings is 1. The minimum absolute atomic E-state index is 0. The van der Waals surface area contributed by atoms with Gasteiger partial charge in [-0.3, -0.25) is 9.58 Å². The second-order valence-electron chi connectivity index (χ2n) is 8.86. The molecule has 1 fully saturated rings. The van der Waals surface area contributed by atoms with E-state index in [9.17, 15) is 0 Å². The number of hydrogen-bond donors (Lipinski definition) is 2. The first-order valence-corrected chi connectivity index (χ1v) is 12.2. The van der Waals surface area contributed by atoms with E-state index < -0.39 is 0 Å². The lowest BCUT2D eigenvalue weighted by atomic mass is 9.93. The molecule has 200 valence electrons. The number of nitrogens with one attached hydrogen (secondary N) is 2. The van der Waals surface area contributed by atoms with Crippen LogP contribution in [0.15, 0.2) is 36.8 Å². The molecule has 1 atom stereocenters. The molecule has 11 heteroatoms. The SMILES string of the molecule is COc1cc2c(c(C(C)N3CCNCC3)nn2Cc2c[nH]cn2)c(-c2cccc(Cl)c2C)c1OC.Cl.O. The molecular formula is C26H34Cl2N6O3. The van der Waals surface area contributed by atoms with Gasteiger partial charge in [0.05, 0.1) is 50.0 Å². The highest BCUT2D eigenvalue weighted by Crippen LogP contribution is 2.48. The van der Waals surface area contributed by atoms with Gasteiger partial charge in [0, 0.05) is 54.4 Å². The van der Waals surface area contributed by atoms with Gasteiger partial charge < -0.3 is 25.3 Å². The number of methoxy groups -OCH3 is 2. The molecule has 1 aliphatic heterocycles. The van der Waals surface area contributed by atoms with E-state index in [2.05, 4.69) is 33.2 Å². The highest BCUT2D eigenvalue weighted by Gasteiger charge is 2.29. The first-order chi connectivity index (χ1) is 17.0. The largest absolute Gasteiger partial charge is 0.493 e. The van der Waals surface area contributed by atoms with Gasteiger partial charge in [-0.05, 0) is 31.0 Å². The number of fused-ring (bicyclic) bond motifs is 1. The molecule has 2 aromatic carbocycles. The zero-order valence-corrected chi connectivity index (χ0v) is 23.0. The molecule has 1 unspecified atom stereocenters. The summed E-state index contributed by atoms with van der Waals surface area (Å²) in [5.74, 6) is 1.33. The molecule has 0 bridgehead atoms. The van der Waals surface area contributed by atoms with Crippen LogP contribution < -0.4 is 14.8 Å². The van der Waals surface area contributed by atoms with Crippen molar-refractivity contribution in [2.45, 2.75) is 26.4 Å². The second kappa shape index (κ2) is 12.1. The van der Waals surface area contributed by atoms with Crippen molar-refractivity contribution in [2.24, 2.45) is 0 Å². The summed E-state index contributed by atoms with van der Waals surface area (Å²) in [6.07, 6.45) is 3.59. The van der Waals surface area contributed by atoms with Crippen molar-refractivity contribution < 1.29 is 14.9 Å². The third kappa shape index (κ3) is 5.28. The summed E-state index contributed by atoms with van der Waals surface area (Å²) in [5, 5.41) is 10.4. The monoisotopic (exact) mass is 548 g/mol. The second-order valence-corrected chi connectivity index (χ2v) is 9.27. The Hall–Kier alpha value is -2.82. The highest BCUT2D eigenvalue weighted by molar-refractivity contribution is 6.31. The average molecular weight is 550 g/mol. The van der Waals surface area contributed by atoms with E-state index in [4.69, 9.17) is 26.2 Å². The fourth-order valence-corrected chi connectivity index (χ4v) is 5.17. The fourth-order valence-electron chi connectivity index (χ4n) is 5.00. The Morgan fingerprint density at radius 1 is 1.16 bits per heavy atom. The number of ether oxygens (including phenoxy) is 2. The lowest BCUT2D eigenvalue weighted by Gasteiger charge is -2.32. The van der Waals surface area contributed by atoms with Crippen LogP contribution >= 0.6 is 24.0 Å². The van der Waals surface area contributed by atoms with Crippen molar-refractivity contribution in [3.8, 4) is 22.6 Å². The maximum Gasteiger partial charge on any atom is 0.169 e. The van der Waals surface area contributed by atoms with Crippen LogP contribution in [0.2, 0.25) is 5.02 Å². The summed E-state index contributed by atoms with van der Waals surface area (Å²) in [6, 6.07) is 8.10. The molecule has 1 saturated heterocycles. The molecule has 1 aliphatic rings. The number of halogens is 2. The smallest absolute Gasteiger partial charge is 0.169 e. The van der Waals surface area contributed by atoms with Gasteiger partial charge in [0.15, 0.2) is 11.5 Å². The molecule has 9 nitrogen and oxygen atoms in total. The third-order valence-corrected chi connectivity index (χ3v) is 7.32. The fraction of sp³-hybridized carbons (Fsp3) is 0.385. The Bertz CT molecular complexity index is 1340. The number of rotatable bonds is 7. The predicted octanol–water partition coefficient (Wildman–Crippen LogP) is 4.02. The number of nitrogens with zero attached hydrogens (tertiary/aromatic N) is 4. The lowest BCUT2D eigenvalue weighted by molar-refractivity contribution is 0.183. The number of aromatic nitrogens is 4. The van der Waals surface area contributed by atoms with Gasteiger partial charge in [0.1, 0.15) is 0 Å². The molecule has 0 radical (unpaired) electrons. The van der Waals surface area contributed by atoms with Crippen molar-refractivity contribution >= 4 is 34.9 Å². The number of piperazine rings is 1. The summed E-state index contributed by atoms with van der Waals surface area (Å²) in [6.45, 7) is 8.67. The van der Waals surface area contributed by atoms with Crippen molar-refractivity contribution in [2.75, 3.05) is 40.4 Å². The Labute approximate surface area is 227 Å².